The van der Waals surface area contributed by atoms with Crippen LogP contribution in [0.25, 0.3) is 0 Å². The van der Waals surface area contributed by atoms with Crippen molar-refractivity contribution in [2.45, 2.75) is 0 Å². The minimum atomic E-state index is -4.69. The average Bonchev–Trinajstić information content (AvgIpc) is 2.43. The lowest BCUT2D eigenvalue weighted by Gasteiger charge is -2.17. The second-order valence-corrected chi connectivity index (χ2v) is 5.44. The van der Waals surface area contributed by atoms with Gasteiger partial charge >= 0.3 is 10.4 Å². The molecule has 0 amide bonds. The Hall–Kier alpha value is -2.51. The predicted molar refractivity (Wildman–Crippen MR) is 71.9 cm³/mol. The Balaban J connectivity index is 2.15. The van der Waals surface area contributed by atoms with Gasteiger partial charge in [-0.3, -0.25) is 14.1 Å². The van der Waals surface area contributed by atoms with Crippen molar-refractivity contribution in [2.75, 3.05) is 0 Å². The lowest BCUT2D eigenvalue weighted by Crippen LogP contribution is -2.21. The Kier molecular flexibility index (Phi) is 2.89. The van der Waals surface area contributed by atoms with Crippen LogP contribution in [-0.4, -0.2) is 24.5 Å². The molecule has 0 saturated heterocycles. The molecular weight excluding hydrogens is 296 g/mol. The van der Waals surface area contributed by atoms with Gasteiger partial charge in [-0.1, -0.05) is 24.3 Å². The molecule has 1 N–H and O–H groups in total. The normalized spacial score (nSPS) is 13.6. The zero-order valence-electron chi connectivity index (χ0n) is 10.4. The van der Waals surface area contributed by atoms with Gasteiger partial charge in [0, 0.05) is 22.3 Å². The highest BCUT2D eigenvalue weighted by Gasteiger charge is 2.29. The molecule has 0 spiro atoms. The van der Waals surface area contributed by atoms with E-state index in [9.17, 15) is 18.0 Å². The van der Waals surface area contributed by atoms with E-state index in [1.54, 1.807) is 18.2 Å². The summed E-state index contributed by atoms with van der Waals surface area (Å²) in [7, 11) is -4.69. The van der Waals surface area contributed by atoms with Crippen molar-refractivity contribution < 1.29 is 26.7 Å². The Morgan fingerprint density at radius 3 is 1.90 bits per heavy atom. The van der Waals surface area contributed by atoms with E-state index in [1.165, 1.54) is 18.2 Å². The summed E-state index contributed by atoms with van der Waals surface area (Å²) in [4.78, 5) is 24.6. The van der Waals surface area contributed by atoms with Crippen LogP contribution in [0.2, 0.25) is 0 Å². The SMILES string of the molecule is O=C1c2ccccc2C(=O)c2cc(OS(=O)(=O)O)ccc21. The van der Waals surface area contributed by atoms with Crippen molar-refractivity contribution >= 4 is 22.0 Å². The van der Waals surface area contributed by atoms with Crippen molar-refractivity contribution in [2.24, 2.45) is 0 Å². The highest BCUT2D eigenvalue weighted by Crippen LogP contribution is 2.30. The fourth-order valence-corrected chi connectivity index (χ4v) is 2.60. The summed E-state index contributed by atoms with van der Waals surface area (Å²) in [5, 5.41) is 0. The van der Waals surface area contributed by atoms with E-state index >= 15 is 0 Å². The largest absolute Gasteiger partial charge is 0.446 e. The first-order chi connectivity index (χ1) is 9.87. The third kappa shape index (κ3) is 2.32. The third-order valence-electron chi connectivity index (χ3n) is 3.10. The van der Waals surface area contributed by atoms with Crippen LogP contribution >= 0.6 is 0 Å². The molecule has 0 aliphatic heterocycles. The topological polar surface area (TPSA) is 97.7 Å². The van der Waals surface area contributed by atoms with Gasteiger partial charge in [-0.15, -0.1) is 0 Å². The first-order valence-corrected chi connectivity index (χ1v) is 7.23. The van der Waals surface area contributed by atoms with Crippen molar-refractivity contribution in [3.8, 4) is 5.75 Å². The first-order valence-electron chi connectivity index (χ1n) is 5.86. The minimum absolute atomic E-state index is 0.0415. The van der Waals surface area contributed by atoms with Gasteiger partial charge in [-0.2, -0.15) is 8.42 Å². The molecule has 0 unspecified atom stereocenters. The Morgan fingerprint density at radius 1 is 0.810 bits per heavy atom. The van der Waals surface area contributed by atoms with Crippen molar-refractivity contribution in [1.29, 1.82) is 0 Å². The average molecular weight is 304 g/mol. The van der Waals surface area contributed by atoms with Gasteiger partial charge < -0.3 is 4.18 Å². The summed E-state index contributed by atoms with van der Waals surface area (Å²) >= 11 is 0. The lowest BCUT2D eigenvalue weighted by molar-refractivity contribution is 0.0979. The standard InChI is InChI=1S/C14H8O6S/c15-13-9-3-1-2-4-10(9)14(16)12-7-8(5-6-11(12)13)20-21(17,18)19/h1-7H,(H,17,18,19). The Labute approximate surface area is 119 Å². The Morgan fingerprint density at radius 2 is 1.33 bits per heavy atom. The second-order valence-electron chi connectivity index (χ2n) is 4.42. The molecule has 6 nitrogen and oxygen atoms in total. The maximum atomic E-state index is 12.4. The van der Waals surface area contributed by atoms with E-state index in [2.05, 4.69) is 4.18 Å². The quantitative estimate of drug-likeness (QED) is 0.723. The molecule has 0 atom stereocenters. The maximum Gasteiger partial charge on any atom is 0.446 e. The smallest absolute Gasteiger partial charge is 0.362 e. The number of hydrogen-bond donors (Lipinski definition) is 1. The number of carbonyl (C=O) groups is 2. The highest BCUT2D eigenvalue weighted by atomic mass is 32.3. The summed E-state index contributed by atoms with van der Waals surface area (Å²) < 4.78 is 34.3. The van der Waals surface area contributed by atoms with Crippen LogP contribution in [0.4, 0.5) is 0 Å². The van der Waals surface area contributed by atoms with E-state index in [0.29, 0.717) is 5.56 Å². The number of fused-ring (bicyclic) bond motifs is 2. The molecule has 21 heavy (non-hydrogen) atoms. The van der Waals surface area contributed by atoms with Gasteiger partial charge in [0.15, 0.2) is 11.6 Å². The summed E-state index contributed by atoms with van der Waals surface area (Å²) in [6.45, 7) is 0. The lowest BCUT2D eigenvalue weighted by atomic mass is 9.84. The molecule has 3 rings (SSSR count). The molecule has 0 aromatic heterocycles. The predicted octanol–water partition coefficient (Wildman–Crippen LogP) is 1.64. The fraction of sp³-hybridized carbons (Fsp3) is 0. The van der Waals surface area contributed by atoms with Crippen molar-refractivity contribution in [1.82, 2.24) is 0 Å². The molecule has 2 aromatic carbocycles. The van der Waals surface area contributed by atoms with Gasteiger partial charge in [-0.25, -0.2) is 0 Å². The molecule has 0 saturated carbocycles. The zero-order chi connectivity index (χ0) is 15.2. The molecule has 0 radical (unpaired) electrons. The van der Waals surface area contributed by atoms with Gasteiger partial charge in [0.25, 0.3) is 0 Å². The van der Waals surface area contributed by atoms with E-state index in [4.69, 9.17) is 4.55 Å². The zero-order valence-corrected chi connectivity index (χ0v) is 11.3. The van der Waals surface area contributed by atoms with Crippen LogP contribution in [0.5, 0.6) is 5.75 Å². The van der Waals surface area contributed by atoms with Crippen LogP contribution in [0, 0.1) is 0 Å². The molecular formula is C14H8O6S. The van der Waals surface area contributed by atoms with Crippen LogP contribution in [0.3, 0.4) is 0 Å². The monoisotopic (exact) mass is 304 g/mol. The number of ketones is 2. The molecule has 0 bridgehead atoms. The van der Waals surface area contributed by atoms with Gasteiger partial charge in [-0.05, 0) is 18.2 Å². The van der Waals surface area contributed by atoms with Crippen LogP contribution in [0.15, 0.2) is 42.5 Å². The Bertz CT molecular complexity index is 882. The van der Waals surface area contributed by atoms with Gasteiger partial charge in [0.05, 0.1) is 0 Å². The highest BCUT2D eigenvalue weighted by molar-refractivity contribution is 7.81. The van der Waals surface area contributed by atoms with E-state index < -0.39 is 16.2 Å². The minimum Gasteiger partial charge on any atom is -0.362 e. The molecule has 1 aliphatic carbocycles. The van der Waals surface area contributed by atoms with Crippen LogP contribution in [-0.2, 0) is 10.4 Å². The van der Waals surface area contributed by atoms with Crippen molar-refractivity contribution in [3.05, 3.63) is 64.7 Å². The third-order valence-corrected chi connectivity index (χ3v) is 3.50. The van der Waals surface area contributed by atoms with Gasteiger partial charge in [0.1, 0.15) is 5.75 Å². The van der Waals surface area contributed by atoms with Crippen LogP contribution in [0.1, 0.15) is 31.8 Å². The molecule has 106 valence electrons. The van der Waals surface area contributed by atoms with E-state index in [0.717, 1.165) is 6.07 Å². The van der Waals surface area contributed by atoms with Gasteiger partial charge in [0.2, 0.25) is 0 Å². The summed E-state index contributed by atoms with van der Waals surface area (Å²) in [6, 6.07) is 9.99. The summed E-state index contributed by atoms with van der Waals surface area (Å²) in [6.07, 6.45) is 0. The molecule has 0 heterocycles. The second kappa shape index (κ2) is 4.51. The van der Waals surface area contributed by atoms with E-state index in [-0.39, 0.29) is 28.2 Å². The van der Waals surface area contributed by atoms with Crippen molar-refractivity contribution in [3.63, 3.8) is 0 Å². The molecule has 2 aromatic rings. The summed E-state index contributed by atoms with van der Waals surface area (Å²) in [5.74, 6) is -0.962. The molecule has 7 heteroatoms. The first kappa shape index (κ1) is 13.5. The number of carbonyl (C=O) groups excluding carboxylic acids is 2. The molecule has 0 fully saturated rings. The molecule has 1 aliphatic rings. The number of benzene rings is 2. The van der Waals surface area contributed by atoms with Crippen LogP contribution < -0.4 is 4.18 Å². The van der Waals surface area contributed by atoms with E-state index in [1.807, 2.05) is 0 Å². The maximum absolute atomic E-state index is 12.4. The summed E-state index contributed by atoms with van der Waals surface area (Å²) in [5.41, 5.74) is 0.763. The number of rotatable bonds is 2. The fourth-order valence-electron chi connectivity index (χ4n) is 2.25. The number of hydrogen-bond acceptors (Lipinski definition) is 5.